The molecule has 0 N–H and O–H groups in total. The lowest BCUT2D eigenvalue weighted by molar-refractivity contribution is 0.0690. The fourth-order valence-electron chi connectivity index (χ4n) is 4.57. The SMILES string of the molecule is COc1ccc(CC2CCN(C(=O)c3cc(Cl)nc(Cl)c3)CC2)cc1OC1CCCC1. The third-order valence-corrected chi connectivity index (χ3v) is 6.65. The number of methoxy groups -OCH3 is 1. The number of piperidine rings is 1. The molecule has 1 saturated carbocycles. The van der Waals surface area contributed by atoms with Gasteiger partial charge in [-0.2, -0.15) is 0 Å². The number of aromatic nitrogens is 1. The number of rotatable bonds is 6. The lowest BCUT2D eigenvalue weighted by Crippen LogP contribution is -2.39. The molecule has 0 atom stereocenters. The number of likely N-dealkylation sites (tertiary alicyclic amines) is 1. The Hall–Kier alpha value is -1.98. The van der Waals surface area contributed by atoms with Crippen LogP contribution in [-0.4, -0.2) is 42.1 Å². The van der Waals surface area contributed by atoms with Gasteiger partial charge in [0, 0.05) is 18.7 Å². The molecule has 4 rings (SSSR count). The quantitative estimate of drug-likeness (QED) is 0.507. The Labute approximate surface area is 193 Å². The van der Waals surface area contributed by atoms with Crippen LogP contribution in [0, 0.1) is 5.92 Å². The van der Waals surface area contributed by atoms with Gasteiger partial charge < -0.3 is 14.4 Å². The van der Waals surface area contributed by atoms with Crippen molar-refractivity contribution in [2.45, 2.75) is 51.0 Å². The number of carbonyl (C=O) groups excluding carboxylic acids is 1. The first kappa shape index (κ1) is 22.2. The maximum absolute atomic E-state index is 12.8. The Balaban J connectivity index is 1.35. The highest BCUT2D eigenvalue weighted by molar-refractivity contribution is 6.33. The third-order valence-electron chi connectivity index (χ3n) is 6.26. The zero-order chi connectivity index (χ0) is 21.8. The second-order valence-electron chi connectivity index (χ2n) is 8.45. The van der Waals surface area contributed by atoms with Crippen molar-refractivity contribution in [3.8, 4) is 11.5 Å². The molecule has 0 unspecified atom stereocenters. The number of nitrogens with zero attached hydrogens (tertiary/aromatic N) is 2. The van der Waals surface area contributed by atoms with E-state index in [1.807, 2.05) is 11.0 Å². The predicted octanol–water partition coefficient (Wildman–Crippen LogP) is 5.81. The van der Waals surface area contributed by atoms with Crippen LogP contribution in [0.2, 0.25) is 10.3 Å². The van der Waals surface area contributed by atoms with Crippen molar-refractivity contribution in [3.05, 3.63) is 51.8 Å². The Morgan fingerprint density at radius 3 is 2.35 bits per heavy atom. The second-order valence-corrected chi connectivity index (χ2v) is 9.22. The molecule has 1 aromatic carbocycles. The van der Waals surface area contributed by atoms with E-state index in [4.69, 9.17) is 32.7 Å². The van der Waals surface area contributed by atoms with Crippen LogP contribution in [0.5, 0.6) is 11.5 Å². The molecule has 1 aromatic heterocycles. The Morgan fingerprint density at radius 2 is 1.71 bits per heavy atom. The van der Waals surface area contributed by atoms with Gasteiger partial charge in [-0.1, -0.05) is 29.3 Å². The van der Waals surface area contributed by atoms with Crippen molar-refractivity contribution >= 4 is 29.1 Å². The van der Waals surface area contributed by atoms with Crippen molar-refractivity contribution in [1.29, 1.82) is 0 Å². The summed E-state index contributed by atoms with van der Waals surface area (Å²) in [6, 6.07) is 9.42. The minimum absolute atomic E-state index is 0.0404. The lowest BCUT2D eigenvalue weighted by atomic mass is 9.90. The fourth-order valence-corrected chi connectivity index (χ4v) is 5.03. The van der Waals surface area contributed by atoms with Crippen molar-refractivity contribution in [2.24, 2.45) is 5.92 Å². The van der Waals surface area contributed by atoms with Crippen LogP contribution < -0.4 is 9.47 Å². The first-order valence-corrected chi connectivity index (χ1v) is 11.7. The molecule has 31 heavy (non-hydrogen) atoms. The molecular weight excluding hydrogens is 435 g/mol. The Bertz CT molecular complexity index is 903. The maximum Gasteiger partial charge on any atom is 0.254 e. The van der Waals surface area contributed by atoms with Crippen LogP contribution in [0.25, 0.3) is 0 Å². The predicted molar refractivity (Wildman–Crippen MR) is 122 cm³/mol. The molecule has 7 heteroatoms. The molecule has 0 radical (unpaired) electrons. The highest BCUT2D eigenvalue weighted by Gasteiger charge is 2.25. The molecule has 5 nitrogen and oxygen atoms in total. The van der Waals surface area contributed by atoms with Crippen LogP contribution in [-0.2, 0) is 6.42 Å². The Morgan fingerprint density at radius 1 is 1.03 bits per heavy atom. The molecule has 1 saturated heterocycles. The second kappa shape index (κ2) is 10.1. The number of carbonyl (C=O) groups is 1. The van der Waals surface area contributed by atoms with E-state index in [2.05, 4.69) is 17.1 Å². The molecule has 1 amide bonds. The molecule has 0 spiro atoms. The first-order chi connectivity index (χ1) is 15.0. The maximum atomic E-state index is 12.8. The van der Waals surface area contributed by atoms with E-state index in [1.165, 1.54) is 18.4 Å². The monoisotopic (exact) mass is 462 g/mol. The van der Waals surface area contributed by atoms with Crippen molar-refractivity contribution in [3.63, 3.8) is 0 Å². The summed E-state index contributed by atoms with van der Waals surface area (Å²) in [5, 5.41) is 0.474. The number of hydrogen-bond acceptors (Lipinski definition) is 4. The van der Waals surface area contributed by atoms with Gasteiger partial charge in [-0.25, -0.2) is 4.98 Å². The summed E-state index contributed by atoms with van der Waals surface area (Å²) in [6.07, 6.45) is 7.91. The Kier molecular flexibility index (Phi) is 7.24. The van der Waals surface area contributed by atoms with Crippen LogP contribution in [0.1, 0.15) is 54.4 Å². The van der Waals surface area contributed by atoms with Gasteiger partial charge in [-0.15, -0.1) is 0 Å². The lowest BCUT2D eigenvalue weighted by Gasteiger charge is -2.32. The molecule has 0 bridgehead atoms. The van der Waals surface area contributed by atoms with Crippen LogP contribution in [0.3, 0.4) is 0 Å². The summed E-state index contributed by atoms with van der Waals surface area (Å²) in [4.78, 5) is 18.6. The average molecular weight is 463 g/mol. The molecular formula is C24H28Cl2N2O3. The van der Waals surface area contributed by atoms with Gasteiger partial charge in [0.25, 0.3) is 5.91 Å². The minimum Gasteiger partial charge on any atom is -0.493 e. The van der Waals surface area contributed by atoms with Gasteiger partial charge in [-0.05, 0) is 80.7 Å². The van der Waals surface area contributed by atoms with Crippen molar-refractivity contribution in [1.82, 2.24) is 9.88 Å². The molecule has 1 aliphatic carbocycles. The van der Waals surface area contributed by atoms with E-state index < -0.39 is 0 Å². The van der Waals surface area contributed by atoms with Gasteiger partial charge in [0.15, 0.2) is 11.5 Å². The zero-order valence-electron chi connectivity index (χ0n) is 17.8. The third kappa shape index (κ3) is 5.64. The molecule has 2 heterocycles. The minimum atomic E-state index is -0.0404. The summed E-state index contributed by atoms with van der Waals surface area (Å²) in [6.45, 7) is 1.45. The number of amides is 1. The molecule has 166 valence electrons. The molecule has 1 aliphatic heterocycles. The summed E-state index contributed by atoms with van der Waals surface area (Å²) in [7, 11) is 1.69. The highest BCUT2D eigenvalue weighted by atomic mass is 35.5. The summed E-state index contributed by atoms with van der Waals surface area (Å²) < 4.78 is 11.7. The fraction of sp³-hybridized carbons (Fsp3) is 0.500. The van der Waals surface area contributed by atoms with E-state index in [9.17, 15) is 4.79 Å². The van der Waals surface area contributed by atoms with E-state index in [-0.39, 0.29) is 16.2 Å². The molecule has 2 fully saturated rings. The van der Waals surface area contributed by atoms with E-state index in [0.717, 1.165) is 56.7 Å². The summed E-state index contributed by atoms with van der Waals surface area (Å²) >= 11 is 11.9. The van der Waals surface area contributed by atoms with E-state index in [1.54, 1.807) is 19.2 Å². The van der Waals surface area contributed by atoms with Gasteiger partial charge in [0.05, 0.1) is 13.2 Å². The highest BCUT2D eigenvalue weighted by Crippen LogP contribution is 2.34. The van der Waals surface area contributed by atoms with Gasteiger partial charge in [0.2, 0.25) is 0 Å². The number of ether oxygens (including phenoxy) is 2. The largest absolute Gasteiger partial charge is 0.493 e. The summed E-state index contributed by atoms with van der Waals surface area (Å²) in [5.74, 6) is 2.14. The number of hydrogen-bond donors (Lipinski definition) is 0. The van der Waals surface area contributed by atoms with Gasteiger partial charge in [-0.3, -0.25) is 4.79 Å². The number of halogens is 2. The van der Waals surface area contributed by atoms with Crippen molar-refractivity contribution in [2.75, 3.05) is 20.2 Å². The van der Waals surface area contributed by atoms with Gasteiger partial charge >= 0.3 is 0 Å². The normalized spacial score (nSPS) is 17.7. The molecule has 2 aliphatic rings. The number of pyridine rings is 1. The average Bonchev–Trinajstić information content (AvgIpc) is 3.26. The zero-order valence-corrected chi connectivity index (χ0v) is 19.3. The smallest absolute Gasteiger partial charge is 0.254 e. The van der Waals surface area contributed by atoms with Crippen molar-refractivity contribution < 1.29 is 14.3 Å². The number of benzene rings is 1. The van der Waals surface area contributed by atoms with Crippen LogP contribution in [0.15, 0.2) is 30.3 Å². The topological polar surface area (TPSA) is 51.7 Å². The van der Waals surface area contributed by atoms with Gasteiger partial charge in [0.1, 0.15) is 10.3 Å². The standard InChI is InChI=1S/C24H28Cl2N2O3/c1-30-20-7-6-17(13-21(20)31-19-4-2-3-5-19)12-16-8-10-28(11-9-16)24(29)18-14-22(25)27-23(26)15-18/h6-7,13-16,19H,2-5,8-12H2,1H3. The van der Waals surface area contributed by atoms with Crippen LogP contribution in [0.4, 0.5) is 0 Å². The molecule has 2 aromatic rings. The van der Waals surface area contributed by atoms with E-state index >= 15 is 0 Å². The van der Waals surface area contributed by atoms with E-state index in [0.29, 0.717) is 17.6 Å². The first-order valence-electron chi connectivity index (χ1n) is 11.0. The van der Waals surface area contributed by atoms with Crippen LogP contribution >= 0.6 is 23.2 Å². The summed E-state index contributed by atoms with van der Waals surface area (Å²) in [5.41, 5.74) is 1.75.